The third-order valence-electron chi connectivity index (χ3n) is 3.51. The van der Waals surface area contributed by atoms with E-state index in [4.69, 9.17) is 4.74 Å². The van der Waals surface area contributed by atoms with Gasteiger partial charge in [0.2, 0.25) is 5.88 Å². The van der Waals surface area contributed by atoms with Crippen molar-refractivity contribution in [2.24, 2.45) is 7.05 Å². The first-order valence-corrected chi connectivity index (χ1v) is 7.53. The van der Waals surface area contributed by atoms with Gasteiger partial charge in [0.25, 0.3) is 5.91 Å². The van der Waals surface area contributed by atoms with E-state index in [1.54, 1.807) is 17.9 Å². The number of alkyl halides is 3. The summed E-state index contributed by atoms with van der Waals surface area (Å²) < 4.78 is 45.0. The van der Waals surface area contributed by atoms with Gasteiger partial charge in [-0.3, -0.25) is 4.79 Å². The van der Waals surface area contributed by atoms with Crippen molar-refractivity contribution in [1.29, 1.82) is 0 Å². The molecule has 0 bridgehead atoms. The summed E-state index contributed by atoms with van der Waals surface area (Å²) in [5, 5.41) is 2.28. The summed E-state index contributed by atoms with van der Waals surface area (Å²) in [5.74, 6) is -1.16. The minimum Gasteiger partial charge on any atom is -0.479 e. The van der Waals surface area contributed by atoms with Crippen molar-refractivity contribution in [3.63, 3.8) is 0 Å². The van der Waals surface area contributed by atoms with Crippen molar-refractivity contribution in [3.05, 3.63) is 48.3 Å². The van der Waals surface area contributed by atoms with E-state index in [0.29, 0.717) is 11.4 Å². The molecule has 8 nitrogen and oxygen atoms in total. The smallest absolute Gasteiger partial charge is 0.433 e. The zero-order valence-electron chi connectivity index (χ0n) is 14.2. The third kappa shape index (κ3) is 3.86. The molecule has 0 fully saturated rings. The van der Waals surface area contributed by atoms with Crippen LogP contribution in [0.25, 0.3) is 11.4 Å². The van der Waals surface area contributed by atoms with Gasteiger partial charge < -0.3 is 14.6 Å². The number of ether oxygens (including phenoxy) is 1. The maximum atomic E-state index is 12.8. The van der Waals surface area contributed by atoms with Crippen LogP contribution in [0.4, 0.5) is 19.0 Å². The van der Waals surface area contributed by atoms with Crippen molar-refractivity contribution in [3.8, 4) is 17.3 Å². The number of amides is 1. The Morgan fingerprint density at radius 1 is 1.22 bits per heavy atom. The number of imidazole rings is 1. The number of aromatic nitrogens is 5. The second-order valence-corrected chi connectivity index (χ2v) is 5.36. The Balaban J connectivity index is 1.93. The normalized spacial score (nSPS) is 11.3. The molecule has 1 amide bonds. The van der Waals surface area contributed by atoms with Crippen LogP contribution in [0.5, 0.6) is 5.88 Å². The second kappa shape index (κ2) is 7.02. The summed E-state index contributed by atoms with van der Waals surface area (Å²) in [7, 11) is 3.04. The average Bonchev–Trinajstić information content (AvgIpc) is 3.06. The molecular formula is C16H13F3N6O2. The molecule has 1 N–H and O–H groups in total. The molecule has 0 radical (unpaired) electrons. The number of nitrogens with zero attached hydrogens (tertiary/aromatic N) is 5. The molecule has 140 valence electrons. The number of rotatable bonds is 4. The number of carbonyl (C=O) groups is 1. The van der Waals surface area contributed by atoms with Crippen molar-refractivity contribution < 1.29 is 22.7 Å². The summed E-state index contributed by atoms with van der Waals surface area (Å²) >= 11 is 0. The molecule has 3 heterocycles. The highest BCUT2D eigenvalue weighted by molar-refractivity contribution is 6.04. The van der Waals surface area contributed by atoms with E-state index in [9.17, 15) is 18.0 Å². The second-order valence-electron chi connectivity index (χ2n) is 5.36. The Kier molecular flexibility index (Phi) is 4.75. The first kappa shape index (κ1) is 18.3. The molecule has 0 aliphatic carbocycles. The topological polar surface area (TPSA) is 94.8 Å². The molecule has 3 rings (SSSR count). The van der Waals surface area contributed by atoms with Crippen LogP contribution >= 0.6 is 0 Å². The third-order valence-corrected chi connectivity index (χ3v) is 3.51. The number of aryl methyl sites for hydroxylation is 1. The van der Waals surface area contributed by atoms with Crippen molar-refractivity contribution in [2.75, 3.05) is 12.4 Å². The van der Waals surface area contributed by atoms with Crippen LogP contribution in [0.15, 0.2) is 36.9 Å². The average molecular weight is 378 g/mol. The molecule has 0 aromatic carbocycles. The largest absolute Gasteiger partial charge is 0.479 e. The van der Waals surface area contributed by atoms with Gasteiger partial charge in [-0.25, -0.2) is 19.9 Å². The standard InChI is InChI=1S/C16H13F3N6O2/c1-25-8-20-7-10(25)9-6-21-15(27-2)13(22-9)14(26)24-12-5-3-4-11(23-12)16(17,18)19/h3-8H,1-2H3,(H,23,24,26). The number of pyridine rings is 1. The Morgan fingerprint density at radius 2 is 2.00 bits per heavy atom. The zero-order valence-corrected chi connectivity index (χ0v) is 14.2. The highest BCUT2D eigenvalue weighted by atomic mass is 19.4. The number of anilines is 1. The van der Waals surface area contributed by atoms with Gasteiger partial charge >= 0.3 is 6.18 Å². The summed E-state index contributed by atoms with van der Waals surface area (Å²) in [5.41, 5.74) is -0.383. The van der Waals surface area contributed by atoms with Gasteiger partial charge in [-0.1, -0.05) is 6.07 Å². The van der Waals surface area contributed by atoms with Gasteiger partial charge in [0.1, 0.15) is 17.2 Å². The van der Waals surface area contributed by atoms with Crippen LogP contribution in [0, 0.1) is 0 Å². The molecule has 27 heavy (non-hydrogen) atoms. The number of halogens is 3. The fourth-order valence-electron chi connectivity index (χ4n) is 2.24. The van der Waals surface area contributed by atoms with Gasteiger partial charge in [0.05, 0.1) is 31.5 Å². The van der Waals surface area contributed by atoms with Crippen LogP contribution in [-0.2, 0) is 13.2 Å². The van der Waals surface area contributed by atoms with Gasteiger partial charge in [0, 0.05) is 7.05 Å². The lowest BCUT2D eigenvalue weighted by atomic mass is 10.3. The molecule has 0 unspecified atom stereocenters. The van der Waals surface area contributed by atoms with E-state index in [1.165, 1.54) is 25.6 Å². The van der Waals surface area contributed by atoms with Crippen LogP contribution in [0.2, 0.25) is 0 Å². The fraction of sp³-hybridized carbons (Fsp3) is 0.188. The molecule has 0 aliphatic heterocycles. The Hall–Kier alpha value is -3.50. The molecule has 11 heteroatoms. The predicted octanol–water partition coefficient (Wildman–Crippen LogP) is 2.55. The van der Waals surface area contributed by atoms with Gasteiger partial charge in [0.15, 0.2) is 5.69 Å². The minimum absolute atomic E-state index is 0.0783. The highest BCUT2D eigenvalue weighted by Crippen LogP contribution is 2.28. The molecule has 0 saturated heterocycles. The number of nitrogens with one attached hydrogen (secondary N) is 1. The quantitative estimate of drug-likeness (QED) is 0.750. The van der Waals surface area contributed by atoms with Crippen molar-refractivity contribution in [1.82, 2.24) is 24.5 Å². The summed E-state index contributed by atoms with van der Waals surface area (Å²) in [6.45, 7) is 0. The molecule has 0 aliphatic rings. The number of carbonyl (C=O) groups excluding carboxylic acids is 1. The van der Waals surface area contributed by atoms with Crippen molar-refractivity contribution >= 4 is 11.7 Å². The molecule has 0 saturated carbocycles. The van der Waals surface area contributed by atoms with E-state index in [0.717, 1.165) is 12.1 Å². The summed E-state index contributed by atoms with van der Waals surface area (Å²) in [6, 6.07) is 3.18. The number of hydrogen-bond donors (Lipinski definition) is 1. The lowest BCUT2D eigenvalue weighted by molar-refractivity contribution is -0.141. The lowest BCUT2D eigenvalue weighted by Crippen LogP contribution is -2.18. The zero-order chi connectivity index (χ0) is 19.6. The Bertz CT molecular complexity index is 986. The minimum atomic E-state index is -4.63. The number of methoxy groups -OCH3 is 1. The van der Waals surface area contributed by atoms with Crippen LogP contribution in [-0.4, -0.2) is 37.5 Å². The maximum Gasteiger partial charge on any atom is 0.433 e. The van der Waals surface area contributed by atoms with E-state index in [2.05, 4.69) is 25.3 Å². The molecule has 0 atom stereocenters. The number of hydrogen-bond acceptors (Lipinski definition) is 6. The van der Waals surface area contributed by atoms with Crippen LogP contribution in [0.1, 0.15) is 16.2 Å². The van der Waals surface area contributed by atoms with E-state index < -0.39 is 17.8 Å². The van der Waals surface area contributed by atoms with Crippen LogP contribution in [0.3, 0.4) is 0 Å². The lowest BCUT2D eigenvalue weighted by Gasteiger charge is -2.11. The fourth-order valence-corrected chi connectivity index (χ4v) is 2.24. The van der Waals surface area contributed by atoms with E-state index in [-0.39, 0.29) is 17.4 Å². The molecular weight excluding hydrogens is 365 g/mol. The highest BCUT2D eigenvalue weighted by Gasteiger charge is 2.32. The summed E-state index contributed by atoms with van der Waals surface area (Å²) in [4.78, 5) is 28.1. The summed E-state index contributed by atoms with van der Waals surface area (Å²) in [6.07, 6.45) is -0.146. The Labute approximate surface area is 151 Å². The predicted molar refractivity (Wildman–Crippen MR) is 88.0 cm³/mol. The molecule has 0 spiro atoms. The van der Waals surface area contributed by atoms with E-state index >= 15 is 0 Å². The molecule has 3 aromatic rings. The van der Waals surface area contributed by atoms with Gasteiger partial charge in [-0.2, -0.15) is 13.2 Å². The van der Waals surface area contributed by atoms with E-state index in [1.807, 2.05) is 0 Å². The maximum absolute atomic E-state index is 12.8. The van der Waals surface area contributed by atoms with Crippen molar-refractivity contribution in [2.45, 2.75) is 6.18 Å². The first-order chi connectivity index (χ1) is 12.8. The monoisotopic (exact) mass is 378 g/mol. The SMILES string of the molecule is COc1ncc(-c2cncn2C)nc1C(=O)Nc1cccc(C(F)(F)F)n1. The Morgan fingerprint density at radius 3 is 2.63 bits per heavy atom. The van der Waals surface area contributed by atoms with Gasteiger partial charge in [-0.05, 0) is 12.1 Å². The van der Waals surface area contributed by atoms with Gasteiger partial charge in [-0.15, -0.1) is 0 Å². The molecule has 3 aromatic heterocycles. The first-order valence-electron chi connectivity index (χ1n) is 7.53. The van der Waals surface area contributed by atoms with Crippen LogP contribution < -0.4 is 10.1 Å².